The standard InChI is InChI=1S/2C19H33B6O13P2.12C2H6.4CH4.4H6P4.2H5P3.2H3P/c2*1-28-8-14-13(7-19(36-14)25(22)23)38-40(27,31-4)33-10-16-12(6-18(24-21)35-16)37-39(26,30-3)32-9-15-11(29-2)5-17(20)34-15;12*1-2;;;;;4*1-4(2)3;2*1-3-2;;/h2*11-19H,5-10H2,1-4H3;12*1-2H3;4*1H4;4*1-3H2;2*3H,1-2H2;2*1H3/t2*11?,12?,13?,14-,15-,16-,17-,18-,19-,39?,40?;;;;;;;;;;;;;;;;;;;;;;;;/m11......................../s1. The van der Waals surface area contributed by atoms with Crippen LogP contribution in [0.2, 0.25) is 0 Å². The molecule has 0 N–H and O–H groups in total. The van der Waals surface area contributed by atoms with Gasteiger partial charge in [-0.1, -0.05) is 212 Å². The van der Waals surface area contributed by atoms with Crippen molar-refractivity contribution in [3.63, 3.8) is 0 Å². The van der Waals surface area contributed by atoms with Crippen LogP contribution in [0.4, 0.5) is 0 Å². The third-order valence-corrected chi connectivity index (χ3v) is 19.2. The monoisotopic (exact) mass is 2400 g/mol. The van der Waals surface area contributed by atoms with Gasteiger partial charge < -0.3 is 47.4 Å². The van der Waals surface area contributed by atoms with Crippen molar-refractivity contribution in [2.75, 3.05) is 96.5 Å². The van der Waals surface area contributed by atoms with Crippen molar-refractivity contribution in [1.29, 1.82) is 0 Å². The van der Waals surface area contributed by atoms with Gasteiger partial charge in [0.05, 0.1) is 104 Å². The zero-order chi connectivity index (χ0) is 103. The number of methoxy groups -OCH3 is 4. The van der Waals surface area contributed by atoms with E-state index >= 15 is 0 Å². The molecule has 26 nitrogen and oxygen atoms in total. The smallest absolute Gasteiger partial charge is 0.382 e. The van der Waals surface area contributed by atoms with Crippen LogP contribution in [0.25, 0.3) is 0 Å². The van der Waals surface area contributed by atoms with Gasteiger partial charge in [0.25, 0.3) is 0 Å². The van der Waals surface area contributed by atoms with Crippen LogP contribution >= 0.6 is 238 Å². The lowest BCUT2D eigenvalue weighted by Crippen LogP contribution is -2.33. The first-order chi connectivity index (χ1) is 59.7. The van der Waals surface area contributed by atoms with E-state index in [0.29, 0.717) is 12.8 Å². The molecule has 0 saturated carbocycles. The largest absolute Gasteiger partial charge is 0.474 e. The van der Waals surface area contributed by atoms with E-state index in [2.05, 4.69) is 143 Å². The van der Waals surface area contributed by atoms with Crippen molar-refractivity contribution in [2.24, 2.45) is 0 Å². The van der Waals surface area contributed by atoms with Gasteiger partial charge in [-0.2, -0.15) is 19.8 Å². The molecule has 18 radical (unpaired) electrons. The summed E-state index contributed by atoms with van der Waals surface area (Å²) in [6.45, 7) is 46.3. The highest BCUT2D eigenvalue weighted by molar-refractivity contribution is 8.67. The summed E-state index contributed by atoms with van der Waals surface area (Å²) in [6, 6.07) is -3.32. The van der Waals surface area contributed by atoms with Gasteiger partial charge in [0.15, 0.2) is 0 Å². The molecule has 0 bridgehead atoms. The number of hydrogen-bond donors (Lipinski definition) is 0. The van der Waals surface area contributed by atoms with E-state index in [9.17, 15) is 18.3 Å². The van der Waals surface area contributed by atoms with E-state index in [1.54, 1.807) is 0 Å². The minimum atomic E-state index is -4.14. The van der Waals surface area contributed by atoms with Crippen LogP contribution in [-0.4, -0.2) is 295 Å². The molecule has 6 aliphatic rings. The predicted octanol–water partition coefficient (Wildman–Crippen LogP) is 24.2. The van der Waals surface area contributed by atoms with E-state index in [-0.39, 0.29) is 155 Å². The first-order valence-electron chi connectivity index (χ1n) is 41.8. The van der Waals surface area contributed by atoms with Crippen molar-refractivity contribution in [3.05, 3.63) is 0 Å². The van der Waals surface area contributed by atoms with Crippen molar-refractivity contribution in [1.82, 2.24) is 0 Å². The Morgan fingerprint density at radius 3 is 0.636 bits per heavy atom. The molecule has 40 atom stereocenters. The number of hydrogen-bond acceptors (Lipinski definition) is 26. The van der Waals surface area contributed by atoms with E-state index in [4.69, 9.17) is 164 Å². The van der Waals surface area contributed by atoms with Crippen LogP contribution in [0.3, 0.4) is 0 Å². The molecule has 0 spiro atoms. The first kappa shape index (κ1) is 191. The molecule has 6 rings (SSSR count). The summed E-state index contributed by atoms with van der Waals surface area (Å²) in [5.41, 5.74) is 0. The third-order valence-electron chi connectivity index (χ3n) is 13.5. The van der Waals surface area contributed by atoms with Gasteiger partial charge in [-0.3, -0.25) is 54.3 Å². The Balaban J connectivity index is -0.0000000703. The summed E-state index contributed by atoms with van der Waals surface area (Å²) in [6.07, 6.45) is -6.33. The normalized spacial score (nSPS) is 24.5. The lowest BCUT2D eigenvalue weighted by atomic mass is 9.16. The van der Waals surface area contributed by atoms with Crippen LogP contribution < -0.4 is 0 Å². The van der Waals surface area contributed by atoms with E-state index < -0.39 is 141 Å². The molecule has 6 fully saturated rings. The number of ether oxygens (including phenoxy) is 10. The Labute approximate surface area is 880 Å². The maximum Gasteiger partial charge on any atom is 0.474 e. The second-order valence-corrected chi connectivity index (χ2v) is 83.2. The molecule has 6 heterocycles. The van der Waals surface area contributed by atoms with Crippen LogP contribution in [0.15, 0.2) is 0 Å². The second-order valence-electron chi connectivity index (χ2n) is 21.1. The predicted molar refractivity (Wildman–Crippen MR) is 681 cm³/mol. The number of phosphoric acid groups is 4. The van der Waals surface area contributed by atoms with Crippen molar-refractivity contribution >= 4 is 327 Å². The SMILES string of the molecule is C.C.C.C.CC.CC.CC.CC.CC.CC.CC.CC.CC.CC.CC.CC.P.P.PP(P)P.PP(P)P.PP(P)P.PP(P)P.PPP.PPP.[B][B][C@H]1CC(OP(=O)(OC)OC[C@H]2O[C@@H]([B])CC2OC)[C@@H](COP(=O)(OC)OC2C[C@H](B([B])[B])O[C@@H]2COC)O1.[B][B][C@H]1CC(OP(=O)(OC)OC[C@H]2O[C@@H]([B])CC2OC)[C@@H](COP(=O)(OC)OC2C[C@H](B([B])[B])O[C@@H]2COC)O1. The van der Waals surface area contributed by atoms with Gasteiger partial charge in [0.2, 0.25) is 0 Å². The molecule has 0 aromatic heterocycles. The van der Waals surface area contributed by atoms with E-state index in [0.717, 1.165) is 15.9 Å². The van der Waals surface area contributed by atoms with E-state index in [1.165, 1.54) is 71.2 Å². The fraction of sp³-hybridized carbons (Fsp3) is 1.00. The molecule has 6 saturated heterocycles. The van der Waals surface area contributed by atoms with Gasteiger partial charge >= 0.3 is 31.3 Å². The average Bonchev–Trinajstić information content (AvgIpc) is 1.67. The van der Waals surface area contributed by atoms with Crippen LogP contribution in [0.5, 0.6) is 0 Å². The zero-order valence-electron chi connectivity index (χ0n) is 83.6. The quantitative estimate of drug-likeness (QED) is 0.0428. The Bertz CT molecular complexity index is 2190. The topological polar surface area (TPSA) is 271 Å². The molecule has 6 aliphatic heterocycles. The molecule has 0 aliphatic carbocycles. The molecule has 0 aromatic rings. The fourth-order valence-electron chi connectivity index (χ4n) is 9.21. The first-order valence-corrected chi connectivity index (χ1v) is 81.6. The van der Waals surface area contributed by atoms with Crippen molar-refractivity contribution in [3.8, 4) is 0 Å². The molecule has 132 heavy (non-hydrogen) atoms. The molecule has 790 valence electrons. The van der Waals surface area contributed by atoms with Gasteiger partial charge in [-0.25, -0.2) is 18.3 Å². The van der Waals surface area contributed by atoms with Gasteiger partial charge in [0, 0.05) is 139 Å². The van der Waals surface area contributed by atoms with Crippen molar-refractivity contribution in [2.45, 2.75) is 344 Å². The molecule has 66 heteroatoms. The van der Waals surface area contributed by atoms with Gasteiger partial charge in [-0.15, -0.1) is 143 Å². The lowest BCUT2D eigenvalue weighted by Gasteiger charge is -2.27. The number of rotatable bonds is 34. The van der Waals surface area contributed by atoms with Crippen LogP contribution in [-0.2, 0) is 120 Å². The maximum absolute atomic E-state index is 13.4. The van der Waals surface area contributed by atoms with Crippen LogP contribution in [0, 0.1) is 0 Å². The lowest BCUT2D eigenvalue weighted by molar-refractivity contribution is -0.0414. The Morgan fingerprint density at radius 1 is 0.318 bits per heavy atom. The summed E-state index contributed by atoms with van der Waals surface area (Å²) in [5, 5.41) is 0. The van der Waals surface area contributed by atoms with Gasteiger partial charge in [-0.05, 0) is 66.5 Å². The number of phosphoric ester groups is 4. The highest BCUT2D eigenvalue weighted by Gasteiger charge is 2.49. The zero-order valence-corrected chi connectivity index (χ0v) is 114. The highest BCUT2D eigenvalue weighted by atomic mass is 32.7. The summed E-state index contributed by atoms with van der Waals surface area (Å²) in [7, 11) is 86.7. The molecule has 28 unspecified atom stereocenters. The minimum absolute atomic E-state index is 0. The van der Waals surface area contributed by atoms with E-state index in [1.807, 2.05) is 166 Å². The molecule has 0 aromatic carbocycles. The fourth-order valence-corrected chi connectivity index (χ4v) is 13.8. The Kier molecular flexibility index (Phi) is 194. The molecular weight excluding hydrogens is 2210 g/mol. The summed E-state index contributed by atoms with van der Waals surface area (Å²) < 4.78 is 174. The third kappa shape index (κ3) is 107. The molecular formula is C66H194B12O26P28. The highest BCUT2D eigenvalue weighted by Crippen LogP contribution is 2.62. The summed E-state index contributed by atoms with van der Waals surface area (Å²) >= 11 is 0. The average molecular weight is 2400 g/mol. The van der Waals surface area contributed by atoms with Crippen LogP contribution in [0.1, 0.15) is 234 Å². The van der Waals surface area contributed by atoms with Crippen molar-refractivity contribution < 1.29 is 120 Å². The minimum Gasteiger partial charge on any atom is -0.382 e. The van der Waals surface area contributed by atoms with Gasteiger partial charge in [0.1, 0.15) is 52.3 Å². The molecule has 0 amide bonds. The summed E-state index contributed by atoms with van der Waals surface area (Å²) in [5.74, 6) is 0. The summed E-state index contributed by atoms with van der Waals surface area (Å²) in [4.78, 5) is 0. The Morgan fingerprint density at radius 2 is 0.485 bits per heavy atom. The maximum atomic E-state index is 13.4. The second kappa shape index (κ2) is 134. The Hall–Kier alpha value is 11.1.